The Bertz CT molecular complexity index is 405. The summed E-state index contributed by atoms with van der Waals surface area (Å²) in [5, 5.41) is 3.03. The molecule has 3 nitrogen and oxygen atoms in total. The molecule has 0 aromatic heterocycles. The Balaban J connectivity index is 0.00000400. The van der Waals surface area contributed by atoms with Gasteiger partial charge in [0.25, 0.3) is 0 Å². The van der Waals surface area contributed by atoms with E-state index < -0.39 is 5.41 Å². The van der Waals surface area contributed by atoms with Crippen LogP contribution in [0.15, 0.2) is 24.3 Å². The van der Waals surface area contributed by atoms with Crippen molar-refractivity contribution in [1.82, 2.24) is 5.32 Å². The second-order valence-electron chi connectivity index (χ2n) is 5.37. The highest BCUT2D eigenvalue weighted by Gasteiger charge is 2.32. The van der Waals surface area contributed by atoms with Crippen LogP contribution < -0.4 is 11.1 Å². The van der Waals surface area contributed by atoms with Crippen LogP contribution in [0.25, 0.3) is 0 Å². The summed E-state index contributed by atoms with van der Waals surface area (Å²) in [6.45, 7) is 7.29. The van der Waals surface area contributed by atoms with Crippen LogP contribution in [-0.2, 0) is 17.6 Å². The van der Waals surface area contributed by atoms with Crippen LogP contribution in [0.4, 0.5) is 0 Å². The van der Waals surface area contributed by atoms with E-state index in [1.165, 1.54) is 11.1 Å². The van der Waals surface area contributed by atoms with Crippen LogP contribution in [0, 0.1) is 5.41 Å². The Kier molecular flexibility index (Phi) is 9.31. The molecule has 1 amide bonds. The van der Waals surface area contributed by atoms with E-state index in [2.05, 4.69) is 36.5 Å². The summed E-state index contributed by atoms with van der Waals surface area (Å²) < 4.78 is 0. The predicted octanol–water partition coefficient (Wildman–Crippen LogP) is 3.09. The number of benzene rings is 1. The third-order valence-corrected chi connectivity index (χ3v) is 4.36. The summed E-state index contributed by atoms with van der Waals surface area (Å²) in [5.41, 5.74) is 7.99. The summed E-state index contributed by atoms with van der Waals surface area (Å²) >= 11 is 0. The van der Waals surface area contributed by atoms with Crippen molar-refractivity contribution in [1.29, 1.82) is 0 Å². The molecule has 4 heteroatoms. The van der Waals surface area contributed by atoms with Crippen LogP contribution in [0.5, 0.6) is 0 Å². The lowest BCUT2D eigenvalue weighted by molar-refractivity contribution is -0.131. The molecule has 0 aliphatic rings. The lowest BCUT2D eigenvalue weighted by atomic mass is 9.81. The maximum absolute atomic E-state index is 12.3. The van der Waals surface area contributed by atoms with Gasteiger partial charge in [-0.25, -0.2) is 0 Å². The normalized spacial score (nSPS) is 10.9. The summed E-state index contributed by atoms with van der Waals surface area (Å²) in [6.07, 6.45) is 3.50. The fraction of sp³-hybridized carbons (Fsp3) is 0.588. The molecule has 0 heterocycles. The van der Waals surface area contributed by atoms with Crippen molar-refractivity contribution < 1.29 is 4.79 Å². The molecule has 0 radical (unpaired) electrons. The average Bonchev–Trinajstić information content (AvgIpc) is 2.50. The number of nitrogens with two attached hydrogens (primary N) is 1. The van der Waals surface area contributed by atoms with Gasteiger partial charge in [0.1, 0.15) is 0 Å². The smallest absolute Gasteiger partial charge is 0.227 e. The summed E-state index contributed by atoms with van der Waals surface area (Å²) in [5.74, 6) is 0.0928. The lowest BCUT2D eigenvalue weighted by Gasteiger charge is -2.28. The molecule has 0 unspecified atom stereocenters. The first-order valence-electron chi connectivity index (χ1n) is 7.68. The van der Waals surface area contributed by atoms with Crippen molar-refractivity contribution in [2.24, 2.45) is 11.1 Å². The Labute approximate surface area is 135 Å². The molecule has 0 fully saturated rings. The first kappa shape index (κ1) is 19.9. The van der Waals surface area contributed by atoms with Gasteiger partial charge in [0.2, 0.25) is 5.91 Å². The zero-order valence-electron chi connectivity index (χ0n) is 13.4. The number of amides is 1. The number of hydrogen-bond acceptors (Lipinski definition) is 2. The summed E-state index contributed by atoms with van der Waals surface area (Å²) in [6, 6.07) is 8.58. The van der Waals surface area contributed by atoms with Gasteiger partial charge >= 0.3 is 0 Å². The van der Waals surface area contributed by atoms with Gasteiger partial charge in [-0.3, -0.25) is 4.79 Å². The molecule has 0 atom stereocenters. The maximum atomic E-state index is 12.3. The minimum atomic E-state index is -0.397. The Morgan fingerprint density at radius 3 is 2.05 bits per heavy atom. The largest absolute Gasteiger partial charge is 0.355 e. The predicted molar refractivity (Wildman–Crippen MR) is 91.9 cm³/mol. The van der Waals surface area contributed by atoms with Gasteiger partial charge < -0.3 is 11.1 Å². The lowest BCUT2D eigenvalue weighted by Crippen LogP contribution is -2.45. The second-order valence-corrected chi connectivity index (χ2v) is 5.37. The number of aryl methyl sites for hydroxylation is 1. The third-order valence-electron chi connectivity index (χ3n) is 4.36. The van der Waals surface area contributed by atoms with Gasteiger partial charge in [0, 0.05) is 13.1 Å². The fourth-order valence-corrected chi connectivity index (χ4v) is 2.40. The van der Waals surface area contributed by atoms with Crippen LogP contribution >= 0.6 is 12.4 Å². The molecule has 0 saturated heterocycles. The molecule has 1 aromatic carbocycles. The highest BCUT2D eigenvalue weighted by molar-refractivity contribution is 5.85. The number of nitrogens with one attached hydrogen (secondary N) is 1. The third kappa shape index (κ3) is 5.33. The quantitative estimate of drug-likeness (QED) is 0.775. The van der Waals surface area contributed by atoms with Gasteiger partial charge in [-0.1, -0.05) is 45.0 Å². The van der Waals surface area contributed by atoms with Gasteiger partial charge in [0.15, 0.2) is 0 Å². The first-order chi connectivity index (χ1) is 9.61. The monoisotopic (exact) mass is 312 g/mol. The molecule has 21 heavy (non-hydrogen) atoms. The van der Waals surface area contributed by atoms with Crippen LogP contribution in [0.2, 0.25) is 0 Å². The van der Waals surface area contributed by atoms with Gasteiger partial charge in [-0.15, -0.1) is 12.4 Å². The molecule has 0 aliphatic carbocycles. The van der Waals surface area contributed by atoms with E-state index in [1.807, 2.05) is 13.8 Å². The van der Waals surface area contributed by atoms with E-state index in [0.29, 0.717) is 13.1 Å². The molecular weight excluding hydrogens is 284 g/mol. The number of carbonyl (C=O) groups excluding carboxylic acids is 1. The van der Waals surface area contributed by atoms with E-state index in [0.717, 1.165) is 25.7 Å². The molecule has 0 saturated carbocycles. The Hall–Kier alpha value is -1.06. The first-order valence-corrected chi connectivity index (χ1v) is 7.68. The number of hydrogen-bond donors (Lipinski definition) is 2. The van der Waals surface area contributed by atoms with E-state index >= 15 is 0 Å². The van der Waals surface area contributed by atoms with E-state index in [-0.39, 0.29) is 18.3 Å². The van der Waals surface area contributed by atoms with Crippen LogP contribution in [0.1, 0.15) is 44.7 Å². The summed E-state index contributed by atoms with van der Waals surface area (Å²) in [7, 11) is 0. The minimum Gasteiger partial charge on any atom is -0.355 e. The number of halogens is 1. The Morgan fingerprint density at radius 2 is 1.62 bits per heavy atom. The van der Waals surface area contributed by atoms with Gasteiger partial charge in [-0.2, -0.15) is 0 Å². The average molecular weight is 313 g/mol. The van der Waals surface area contributed by atoms with Crippen molar-refractivity contribution in [2.75, 3.05) is 13.1 Å². The van der Waals surface area contributed by atoms with Crippen LogP contribution in [0.3, 0.4) is 0 Å². The molecular formula is C17H29ClN2O. The fourth-order valence-electron chi connectivity index (χ4n) is 2.40. The van der Waals surface area contributed by atoms with E-state index in [4.69, 9.17) is 5.73 Å². The van der Waals surface area contributed by atoms with Crippen molar-refractivity contribution >= 4 is 18.3 Å². The second kappa shape index (κ2) is 9.80. The summed E-state index contributed by atoms with van der Waals surface area (Å²) in [4.78, 5) is 12.3. The van der Waals surface area contributed by atoms with E-state index in [1.54, 1.807) is 0 Å². The molecule has 0 bridgehead atoms. The molecule has 3 N–H and O–H groups in total. The molecule has 1 aromatic rings. The number of carbonyl (C=O) groups is 1. The molecule has 0 spiro atoms. The molecule has 0 aliphatic heterocycles. The van der Waals surface area contributed by atoms with Crippen molar-refractivity contribution in [3.63, 3.8) is 0 Å². The maximum Gasteiger partial charge on any atom is 0.227 e. The Morgan fingerprint density at radius 1 is 1.10 bits per heavy atom. The topological polar surface area (TPSA) is 55.1 Å². The molecule has 120 valence electrons. The zero-order valence-corrected chi connectivity index (χ0v) is 14.3. The van der Waals surface area contributed by atoms with Crippen molar-refractivity contribution in [3.05, 3.63) is 35.4 Å². The molecule has 1 rings (SSSR count). The standard InChI is InChI=1S/C17H28N2O.ClH/c1-4-14-7-9-15(10-8-14)11-12-19-16(20)17(5-2,6-3)13-18;/h7-10H,4-6,11-13,18H2,1-3H3,(H,19,20);1H. The van der Waals surface area contributed by atoms with Gasteiger partial charge in [-0.05, 0) is 36.8 Å². The van der Waals surface area contributed by atoms with Crippen molar-refractivity contribution in [2.45, 2.75) is 46.5 Å². The highest BCUT2D eigenvalue weighted by Crippen LogP contribution is 2.24. The van der Waals surface area contributed by atoms with E-state index in [9.17, 15) is 4.79 Å². The van der Waals surface area contributed by atoms with Crippen molar-refractivity contribution in [3.8, 4) is 0 Å². The SMILES string of the molecule is CCc1ccc(CCNC(=O)C(CC)(CC)CN)cc1.Cl. The van der Waals surface area contributed by atoms with Gasteiger partial charge in [0.05, 0.1) is 5.41 Å². The zero-order chi connectivity index (χ0) is 15.0. The minimum absolute atomic E-state index is 0. The van der Waals surface area contributed by atoms with Crippen LogP contribution in [-0.4, -0.2) is 19.0 Å². The number of rotatable bonds is 8. The highest BCUT2D eigenvalue weighted by atomic mass is 35.5.